The molecule has 0 atom stereocenters. The lowest BCUT2D eigenvalue weighted by Crippen LogP contribution is -2.60. The third-order valence-electron chi connectivity index (χ3n) is 17.3. The van der Waals surface area contributed by atoms with Crippen LogP contribution in [0.1, 0.15) is 128 Å². The Morgan fingerprint density at radius 3 is 1.80 bits per heavy atom. The zero-order valence-electron chi connectivity index (χ0n) is 40.2. The molecular weight excluding hydrogens is 804 g/mol. The molecule has 2 nitrogen and oxygen atoms in total. The summed E-state index contributed by atoms with van der Waals surface area (Å²) in [5, 5.41) is 1.36. The van der Waals surface area contributed by atoms with Crippen molar-refractivity contribution in [2.24, 2.45) is 23.7 Å². The number of rotatable bonds is 2. The van der Waals surface area contributed by atoms with Crippen LogP contribution in [0.5, 0.6) is 0 Å². The third-order valence-corrected chi connectivity index (χ3v) is 18.5. The summed E-state index contributed by atoms with van der Waals surface area (Å²) in [6.45, 7) is 23.6. The van der Waals surface area contributed by atoms with Gasteiger partial charge in [-0.05, 0) is 189 Å². The number of aryl methyl sites for hydroxylation is 1. The molecule has 6 aromatic carbocycles. The molecule has 7 aliphatic rings. The topological polar surface area (TPSA) is 6.48 Å². The highest BCUT2D eigenvalue weighted by atomic mass is 32.1. The summed E-state index contributed by atoms with van der Waals surface area (Å²) in [6.07, 6.45) is 7.03. The van der Waals surface area contributed by atoms with Crippen molar-refractivity contribution in [3.05, 3.63) is 149 Å². The predicted octanol–water partition coefficient (Wildman–Crippen LogP) is 14.9. The van der Waals surface area contributed by atoms with Gasteiger partial charge in [0.2, 0.25) is 0 Å². The Hall–Kier alpha value is -5.06. The van der Waals surface area contributed by atoms with Crippen LogP contribution in [-0.2, 0) is 21.7 Å². The maximum atomic E-state index is 2.71. The van der Waals surface area contributed by atoms with Gasteiger partial charge < -0.3 is 9.80 Å². The Morgan fingerprint density at radius 2 is 1.12 bits per heavy atom. The number of thiophene rings is 1. The summed E-state index contributed by atoms with van der Waals surface area (Å²) in [5.74, 6) is 3.27. The summed E-state index contributed by atoms with van der Waals surface area (Å²) in [6, 6.07) is 46.7. The molecular formula is C61H63BN2S. The smallest absolute Gasteiger partial charge is 0.264 e. The van der Waals surface area contributed by atoms with E-state index < -0.39 is 0 Å². The fraction of sp³-hybridized carbons (Fsp3) is 0.377. The zero-order chi connectivity index (χ0) is 44.7. The fourth-order valence-corrected chi connectivity index (χ4v) is 15.8. The maximum Gasteiger partial charge on any atom is 0.264 e. The van der Waals surface area contributed by atoms with Gasteiger partial charge in [-0.3, -0.25) is 0 Å². The van der Waals surface area contributed by atoms with Crippen molar-refractivity contribution in [3.63, 3.8) is 0 Å². The molecule has 4 saturated carbocycles. The first-order chi connectivity index (χ1) is 31.0. The minimum atomic E-state index is 0.00153. The van der Waals surface area contributed by atoms with Crippen LogP contribution in [0.2, 0.25) is 0 Å². The van der Waals surface area contributed by atoms with E-state index in [1.165, 1.54) is 125 Å². The molecule has 0 N–H and O–H groups in total. The van der Waals surface area contributed by atoms with E-state index in [2.05, 4.69) is 194 Å². The van der Waals surface area contributed by atoms with Crippen LogP contribution >= 0.6 is 11.3 Å². The molecule has 3 heterocycles. The van der Waals surface area contributed by atoms with Crippen LogP contribution < -0.4 is 25.5 Å². The first-order valence-electron chi connectivity index (χ1n) is 24.8. The Labute approximate surface area is 392 Å². The van der Waals surface area contributed by atoms with Crippen LogP contribution in [0.4, 0.5) is 34.1 Å². The summed E-state index contributed by atoms with van der Waals surface area (Å²) in [5.41, 5.74) is 22.5. The first kappa shape index (κ1) is 40.2. The van der Waals surface area contributed by atoms with Gasteiger partial charge >= 0.3 is 0 Å². The maximum absolute atomic E-state index is 2.71. The van der Waals surface area contributed by atoms with Crippen LogP contribution in [0.25, 0.3) is 21.2 Å². The van der Waals surface area contributed by atoms with Gasteiger partial charge in [0, 0.05) is 48.7 Å². The molecule has 0 unspecified atom stereocenters. The predicted molar refractivity (Wildman–Crippen MR) is 280 cm³/mol. The van der Waals surface area contributed by atoms with Gasteiger partial charge in [-0.1, -0.05) is 123 Å². The average molecular weight is 867 g/mol. The van der Waals surface area contributed by atoms with Gasteiger partial charge in [-0.2, -0.15) is 0 Å². The number of nitrogens with zero attached hydrogens (tertiary/aromatic N) is 2. The van der Waals surface area contributed by atoms with Crippen molar-refractivity contribution >= 4 is 78.0 Å². The van der Waals surface area contributed by atoms with Crippen LogP contribution in [0.3, 0.4) is 0 Å². The fourth-order valence-electron chi connectivity index (χ4n) is 14.5. The molecule has 4 fully saturated rings. The van der Waals surface area contributed by atoms with Crippen molar-refractivity contribution in [2.45, 2.75) is 123 Å². The van der Waals surface area contributed by atoms with E-state index in [1.807, 2.05) is 11.3 Å². The van der Waals surface area contributed by atoms with E-state index in [1.54, 1.807) is 11.1 Å². The molecule has 4 bridgehead atoms. The molecule has 4 heteroatoms. The Kier molecular flexibility index (Phi) is 8.24. The molecule has 5 aliphatic carbocycles. The zero-order valence-corrected chi connectivity index (χ0v) is 41.0. The van der Waals surface area contributed by atoms with E-state index in [4.69, 9.17) is 0 Å². The second kappa shape index (κ2) is 13.3. The van der Waals surface area contributed by atoms with Gasteiger partial charge in [0.25, 0.3) is 6.71 Å². The number of anilines is 6. The Balaban J connectivity index is 1.09. The van der Waals surface area contributed by atoms with Gasteiger partial charge in [0.15, 0.2) is 0 Å². The number of hydrogen-bond acceptors (Lipinski definition) is 3. The van der Waals surface area contributed by atoms with Crippen molar-refractivity contribution in [1.29, 1.82) is 0 Å². The van der Waals surface area contributed by atoms with Crippen LogP contribution in [-0.4, -0.2) is 6.71 Å². The highest BCUT2D eigenvalue weighted by molar-refractivity contribution is 7.33. The van der Waals surface area contributed by atoms with Gasteiger partial charge in [0.1, 0.15) is 0 Å². The SMILES string of the molecule is Cc1cc2c3c(c1)N(c1ccc(C(C)(C)C)cc1)c1c(sc4ccc(C(C)(C)C)cc14)B3c1cc(C(C)(C)C)ccc1N2c1ccc2c(c1)C1(c3ccccc3-2)C2CC3CC(C2)CC1C3. The van der Waals surface area contributed by atoms with Crippen molar-refractivity contribution < 1.29 is 0 Å². The molecule has 65 heavy (non-hydrogen) atoms. The highest BCUT2D eigenvalue weighted by Crippen LogP contribution is 2.69. The molecule has 2 aliphatic heterocycles. The average Bonchev–Trinajstić information content (AvgIpc) is 3.77. The number of fused-ring (bicyclic) bond motifs is 9. The lowest BCUT2D eigenvalue weighted by Gasteiger charge is -2.61. The quantitative estimate of drug-likeness (QED) is 0.160. The summed E-state index contributed by atoms with van der Waals surface area (Å²) in [7, 11) is 0. The highest BCUT2D eigenvalue weighted by Gasteiger charge is 2.61. The van der Waals surface area contributed by atoms with Crippen LogP contribution in [0, 0.1) is 30.6 Å². The number of hydrogen-bond donors (Lipinski definition) is 0. The van der Waals surface area contributed by atoms with Gasteiger partial charge in [-0.15, -0.1) is 11.3 Å². The summed E-state index contributed by atoms with van der Waals surface area (Å²) in [4.78, 5) is 5.36. The lowest BCUT2D eigenvalue weighted by atomic mass is 9.36. The summed E-state index contributed by atoms with van der Waals surface area (Å²) < 4.78 is 2.81. The standard InChI is InChI=1S/C61H63BN2S/c1-35-25-52-55-53(26-35)64(43-19-15-38(16-20-43)58(2,3)4)56-47-32-39(59(5,6)7)18-24-54(47)65-57(56)62(55)50-33-40(60(8,9)10)17-23-51(50)63(52)44-21-22-46-45-13-11-12-14-48(45)61(49(46)34-44)41-28-36-27-37(30-41)31-42(61)29-36/h11-26,32-34,36-37,41-42H,27-31H2,1-10H3. The van der Waals surface area contributed by atoms with Crippen molar-refractivity contribution in [2.75, 3.05) is 9.80 Å². The Bertz CT molecular complexity index is 3120. The van der Waals surface area contributed by atoms with E-state index >= 15 is 0 Å². The third kappa shape index (κ3) is 5.59. The Morgan fingerprint density at radius 1 is 0.538 bits per heavy atom. The normalized spacial score (nSPS) is 23.5. The molecule has 326 valence electrons. The summed E-state index contributed by atoms with van der Waals surface area (Å²) >= 11 is 2.02. The lowest BCUT2D eigenvalue weighted by molar-refractivity contribution is -0.0399. The molecule has 1 aromatic heterocycles. The molecule has 14 rings (SSSR count). The minimum absolute atomic E-state index is 0.00153. The first-order valence-corrected chi connectivity index (χ1v) is 25.6. The molecule has 0 saturated heterocycles. The monoisotopic (exact) mass is 866 g/mol. The number of benzene rings is 6. The van der Waals surface area contributed by atoms with Crippen molar-refractivity contribution in [3.8, 4) is 11.1 Å². The van der Waals surface area contributed by atoms with E-state index in [0.29, 0.717) is 0 Å². The minimum Gasteiger partial charge on any atom is -0.311 e. The van der Waals surface area contributed by atoms with E-state index in [0.717, 1.165) is 23.7 Å². The van der Waals surface area contributed by atoms with Crippen molar-refractivity contribution in [1.82, 2.24) is 0 Å². The molecule has 1 spiro atoms. The van der Waals surface area contributed by atoms with Crippen LogP contribution in [0.15, 0.2) is 115 Å². The molecule has 0 radical (unpaired) electrons. The second-order valence-electron chi connectivity index (χ2n) is 24.4. The van der Waals surface area contributed by atoms with E-state index in [-0.39, 0.29) is 28.4 Å². The molecule has 7 aromatic rings. The van der Waals surface area contributed by atoms with E-state index in [9.17, 15) is 0 Å². The second-order valence-corrected chi connectivity index (χ2v) is 25.4. The molecule has 0 amide bonds. The van der Waals surface area contributed by atoms with Gasteiger partial charge in [0.05, 0.1) is 5.69 Å². The largest absolute Gasteiger partial charge is 0.311 e. The van der Waals surface area contributed by atoms with Gasteiger partial charge in [-0.25, -0.2) is 0 Å².